The molecule has 0 aliphatic carbocycles. The minimum atomic E-state index is -3.87. The minimum absolute atomic E-state index is 0.0485. The molecule has 0 spiro atoms. The molecule has 0 unspecified atom stereocenters. The standard InChI is InChI=1S/C18H13F3N2O2S/c1-11-3-2-4-17(22-11)23-26(24,25)14-7-5-12(6-8-14)13-9-15(19)18(21)16(20)10-13/h2-10H,1H3,(H,22,23). The van der Waals surface area contributed by atoms with Gasteiger partial charge in [-0.3, -0.25) is 4.72 Å². The van der Waals surface area contributed by atoms with E-state index < -0.39 is 27.5 Å². The fourth-order valence-corrected chi connectivity index (χ4v) is 3.35. The van der Waals surface area contributed by atoms with E-state index in [2.05, 4.69) is 9.71 Å². The number of aryl methyl sites for hydroxylation is 1. The van der Waals surface area contributed by atoms with E-state index in [1.807, 2.05) is 0 Å². The Morgan fingerprint density at radius 3 is 2.08 bits per heavy atom. The van der Waals surface area contributed by atoms with Gasteiger partial charge in [0.05, 0.1) is 4.90 Å². The number of benzene rings is 2. The van der Waals surface area contributed by atoms with Gasteiger partial charge in [-0.15, -0.1) is 0 Å². The van der Waals surface area contributed by atoms with Crippen molar-refractivity contribution in [3.05, 3.63) is 77.7 Å². The molecule has 0 aliphatic heterocycles. The Labute approximate surface area is 148 Å². The molecule has 0 amide bonds. The third-order valence-electron chi connectivity index (χ3n) is 3.61. The van der Waals surface area contributed by atoms with Gasteiger partial charge >= 0.3 is 0 Å². The summed E-state index contributed by atoms with van der Waals surface area (Å²) in [6.07, 6.45) is 0. The largest absolute Gasteiger partial charge is 0.263 e. The van der Waals surface area contributed by atoms with Gasteiger partial charge in [0.2, 0.25) is 0 Å². The van der Waals surface area contributed by atoms with Gasteiger partial charge in [0.15, 0.2) is 17.5 Å². The first-order chi connectivity index (χ1) is 12.3. The second-order valence-electron chi connectivity index (χ2n) is 5.55. The molecule has 0 fully saturated rings. The van der Waals surface area contributed by atoms with E-state index >= 15 is 0 Å². The number of sulfonamides is 1. The Kier molecular flexibility index (Phi) is 4.69. The average Bonchev–Trinajstić information content (AvgIpc) is 2.59. The number of hydrogen-bond donors (Lipinski definition) is 1. The van der Waals surface area contributed by atoms with Crippen LogP contribution in [0.1, 0.15) is 5.69 Å². The molecule has 0 radical (unpaired) electrons. The third-order valence-corrected chi connectivity index (χ3v) is 4.98. The molecule has 0 saturated heterocycles. The van der Waals surface area contributed by atoms with Gasteiger partial charge in [0.25, 0.3) is 10.0 Å². The molecule has 1 heterocycles. The molecule has 0 atom stereocenters. The van der Waals surface area contributed by atoms with Gasteiger partial charge in [0, 0.05) is 5.69 Å². The van der Waals surface area contributed by atoms with Crippen molar-refractivity contribution in [2.24, 2.45) is 0 Å². The highest BCUT2D eigenvalue weighted by molar-refractivity contribution is 7.92. The zero-order valence-electron chi connectivity index (χ0n) is 13.5. The maximum atomic E-state index is 13.3. The normalized spacial score (nSPS) is 11.4. The summed E-state index contributed by atoms with van der Waals surface area (Å²) in [5, 5.41) is 0. The molecular weight excluding hydrogens is 365 g/mol. The number of halogens is 3. The van der Waals surface area contributed by atoms with E-state index in [0.717, 1.165) is 12.1 Å². The van der Waals surface area contributed by atoms with Crippen LogP contribution in [0.25, 0.3) is 11.1 Å². The van der Waals surface area contributed by atoms with Crippen molar-refractivity contribution in [1.29, 1.82) is 0 Å². The zero-order valence-corrected chi connectivity index (χ0v) is 14.3. The fourth-order valence-electron chi connectivity index (χ4n) is 2.35. The number of nitrogens with zero attached hydrogens (tertiary/aromatic N) is 1. The lowest BCUT2D eigenvalue weighted by Crippen LogP contribution is -2.14. The van der Waals surface area contributed by atoms with Crippen LogP contribution in [0.3, 0.4) is 0 Å². The first-order valence-corrected chi connectivity index (χ1v) is 8.96. The van der Waals surface area contributed by atoms with Crippen LogP contribution in [0, 0.1) is 24.4 Å². The lowest BCUT2D eigenvalue weighted by Gasteiger charge is -2.09. The van der Waals surface area contributed by atoms with Gasteiger partial charge < -0.3 is 0 Å². The predicted molar refractivity (Wildman–Crippen MR) is 91.5 cm³/mol. The van der Waals surface area contributed by atoms with Crippen molar-refractivity contribution in [1.82, 2.24) is 4.98 Å². The van der Waals surface area contributed by atoms with Crippen LogP contribution in [0.5, 0.6) is 0 Å². The Morgan fingerprint density at radius 1 is 0.885 bits per heavy atom. The van der Waals surface area contributed by atoms with E-state index in [1.54, 1.807) is 19.1 Å². The van der Waals surface area contributed by atoms with Gasteiger partial charge in [0.1, 0.15) is 5.82 Å². The lowest BCUT2D eigenvalue weighted by molar-refractivity contribution is 0.447. The number of nitrogens with one attached hydrogen (secondary N) is 1. The summed E-state index contributed by atoms with van der Waals surface area (Å²) < 4.78 is 66.9. The summed E-state index contributed by atoms with van der Waals surface area (Å²) >= 11 is 0. The van der Waals surface area contributed by atoms with Crippen molar-refractivity contribution >= 4 is 15.8 Å². The predicted octanol–water partition coefficient (Wildman–Crippen LogP) is 4.28. The topological polar surface area (TPSA) is 59.1 Å². The van der Waals surface area contributed by atoms with Crippen LogP contribution in [0.15, 0.2) is 59.5 Å². The summed E-state index contributed by atoms with van der Waals surface area (Å²) in [5.41, 5.74) is 1.09. The third kappa shape index (κ3) is 3.70. The molecular formula is C18H13F3N2O2S. The second kappa shape index (κ2) is 6.80. The van der Waals surface area contributed by atoms with Crippen LogP contribution in [-0.4, -0.2) is 13.4 Å². The van der Waals surface area contributed by atoms with Crippen molar-refractivity contribution in [3.63, 3.8) is 0 Å². The quantitative estimate of drug-likeness (QED) is 0.690. The molecule has 0 aliphatic rings. The van der Waals surface area contributed by atoms with Gasteiger partial charge in [-0.25, -0.2) is 26.6 Å². The molecule has 134 valence electrons. The fraction of sp³-hybridized carbons (Fsp3) is 0.0556. The summed E-state index contributed by atoms with van der Waals surface area (Å²) in [6.45, 7) is 1.73. The number of pyridine rings is 1. The smallest absolute Gasteiger partial charge is 0.263 e. The first kappa shape index (κ1) is 17.9. The Hall–Kier alpha value is -2.87. The van der Waals surface area contributed by atoms with Crippen molar-refractivity contribution < 1.29 is 21.6 Å². The monoisotopic (exact) mass is 378 g/mol. The number of rotatable bonds is 4. The van der Waals surface area contributed by atoms with Crippen molar-refractivity contribution in [2.45, 2.75) is 11.8 Å². The minimum Gasteiger partial charge on any atom is -0.263 e. The molecule has 1 N–H and O–H groups in total. The van der Waals surface area contributed by atoms with Gasteiger partial charge in [-0.2, -0.15) is 0 Å². The molecule has 2 aromatic carbocycles. The summed E-state index contributed by atoms with van der Waals surface area (Å²) in [5.74, 6) is -4.01. The van der Waals surface area contributed by atoms with E-state index in [9.17, 15) is 21.6 Å². The number of anilines is 1. The molecule has 0 saturated carbocycles. The van der Waals surface area contributed by atoms with Crippen LogP contribution >= 0.6 is 0 Å². The highest BCUT2D eigenvalue weighted by Crippen LogP contribution is 2.25. The highest BCUT2D eigenvalue weighted by atomic mass is 32.2. The van der Waals surface area contributed by atoms with Gasteiger partial charge in [-0.1, -0.05) is 18.2 Å². The number of aromatic nitrogens is 1. The van der Waals surface area contributed by atoms with Crippen LogP contribution in [-0.2, 0) is 10.0 Å². The maximum Gasteiger partial charge on any atom is 0.263 e. The van der Waals surface area contributed by atoms with E-state index in [-0.39, 0.29) is 16.3 Å². The zero-order chi connectivity index (χ0) is 18.9. The Bertz CT molecular complexity index is 1050. The van der Waals surface area contributed by atoms with Gasteiger partial charge in [-0.05, 0) is 54.4 Å². The maximum absolute atomic E-state index is 13.3. The number of hydrogen-bond acceptors (Lipinski definition) is 3. The van der Waals surface area contributed by atoms with Crippen molar-refractivity contribution in [3.8, 4) is 11.1 Å². The molecule has 8 heteroatoms. The molecule has 3 rings (SSSR count). The summed E-state index contributed by atoms with van der Waals surface area (Å²) in [6, 6.07) is 11.9. The van der Waals surface area contributed by atoms with Crippen LogP contribution in [0.4, 0.5) is 19.0 Å². The van der Waals surface area contributed by atoms with E-state index in [0.29, 0.717) is 11.3 Å². The molecule has 0 bridgehead atoms. The highest BCUT2D eigenvalue weighted by Gasteiger charge is 2.16. The van der Waals surface area contributed by atoms with Crippen LogP contribution < -0.4 is 4.72 Å². The summed E-state index contributed by atoms with van der Waals surface area (Å²) in [4.78, 5) is 4.02. The van der Waals surface area contributed by atoms with Crippen LogP contribution in [0.2, 0.25) is 0 Å². The Morgan fingerprint density at radius 2 is 1.50 bits per heavy atom. The van der Waals surface area contributed by atoms with E-state index in [1.165, 1.54) is 30.3 Å². The molecule has 3 aromatic rings. The first-order valence-electron chi connectivity index (χ1n) is 7.48. The SMILES string of the molecule is Cc1cccc(NS(=O)(=O)c2ccc(-c3cc(F)c(F)c(F)c3)cc2)n1. The van der Waals surface area contributed by atoms with Crippen molar-refractivity contribution in [2.75, 3.05) is 4.72 Å². The Balaban J connectivity index is 1.89. The lowest BCUT2D eigenvalue weighted by atomic mass is 10.1. The second-order valence-corrected chi connectivity index (χ2v) is 7.23. The average molecular weight is 378 g/mol. The summed E-state index contributed by atoms with van der Waals surface area (Å²) in [7, 11) is -3.87. The molecule has 4 nitrogen and oxygen atoms in total. The molecule has 1 aromatic heterocycles. The molecule has 26 heavy (non-hydrogen) atoms. The van der Waals surface area contributed by atoms with E-state index in [4.69, 9.17) is 0 Å².